The van der Waals surface area contributed by atoms with E-state index in [1.807, 2.05) is 87.5 Å². The summed E-state index contributed by atoms with van der Waals surface area (Å²) in [5.74, 6) is 1.66. The maximum absolute atomic E-state index is 12.6. The van der Waals surface area contributed by atoms with Crippen molar-refractivity contribution in [3.8, 4) is 22.8 Å². The SMILES string of the molecule is Cc1cc(C)c2oc(-c3cccc(NC(=O)/C=C/c4ccc(-c5ccccc5)o4)c3C)nc2c1. The Morgan fingerprint density at radius 1 is 0.912 bits per heavy atom. The van der Waals surface area contributed by atoms with Crippen LogP contribution in [-0.4, -0.2) is 10.9 Å². The Morgan fingerprint density at radius 3 is 2.56 bits per heavy atom. The van der Waals surface area contributed by atoms with Crippen molar-refractivity contribution in [2.45, 2.75) is 20.8 Å². The number of furan rings is 1. The summed E-state index contributed by atoms with van der Waals surface area (Å²) in [6.07, 6.45) is 3.12. The first-order valence-corrected chi connectivity index (χ1v) is 11.1. The van der Waals surface area contributed by atoms with Crippen molar-refractivity contribution in [1.29, 1.82) is 0 Å². The number of aromatic nitrogens is 1. The topological polar surface area (TPSA) is 68.3 Å². The van der Waals surface area contributed by atoms with Gasteiger partial charge >= 0.3 is 0 Å². The number of amides is 1. The van der Waals surface area contributed by atoms with E-state index in [1.165, 1.54) is 6.08 Å². The van der Waals surface area contributed by atoms with Gasteiger partial charge in [0.25, 0.3) is 0 Å². The van der Waals surface area contributed by atoms with Gasteiger partial charge in [0.05, 0.1) is 0 Å². The van der Waals surface area contributed by atoms with Gasteiger partial charge in [0.15, 0.2) is 5.58 Å². The smallest absolute Gasteiger partial charge is 0.248 e. The third-order valence-corrected chi connectivity index (χ3v) is 5.73. The van der Waals surface area contributed by atoms with Crippen LogP contribution in [0.15, 0.2) is 87.7 Å². The molecule has 0 aliphatic rings. The second kappa shape index (κ2) is 8.87. The molecule has 0 radical (unpaired) electrons. The highest BCUT2D eigenvalue weighted by Crippen LogP contribution is 2.32. The molecule has 2 aromatic heterocycles. The predicted octanol–water partition coefficient (Wildman–Crippen LogP) is 7.33. The van der Waals surface area contributed by atoms with Crippen molar-refractivity contribution in [2.75, 3.05) is 5.32 Å². The highest BCUT2D eigenvalue weighted by Gasteiger charge is 2.15. The van der Waals surface area contributed by atoms with Gasteiger partial charge in [-0.1, -0.05) is 42.5 Å². The summed E-state index contributed by atoms with van der Waals surface area (Å²) >= 11 is 0. The minimum Gasteiger partial charge on any atom is -0.457 e. The van der Waals surface area contributed by atoms with Gasteiger partial charge in [0, 0.05) is 22.9 Å². The number of nitrogens with zero attached hydrogens (tertiary/aromatic N) is 1. The number of rotatable bonds is 5. The minimum absolute atomic E-state index is 0.248. The predicted molar refractivity (Wildman–Crippen MR) is 135 cm³/mol. The molecule has 34 heavy (non-hydrogen) atoms. The molecule has 0 saturated heterocycles. The number of hydrogen-bond acceptors (Lipinski definition) is 4. The van der Waals surface area contributed by atoms with E-state index in [0.717, 1.165) is 44.7 Å². The van der Waals surface area contributed by atoms with Crippen LogP contribution in [0.5, 0.6) is 0 Å². The maximum atomic E-state index is 12.6. The van der Waals surface area contributed by atoms with E-state index in [2.05, 4.69) is 16.4 Å². The molecule has 168 valence electrons. The number of oxazole rings is 1. The molecule has 0 saturated carbocycles. The Balaban J connectivity index is 1.35. The van der Waals surface area contributed by atoms with Gasteiger partial charge in [-0.15, -0.1) is 0 Å². The largest absolute Gasteiger partial charge is 0.457 e. The first-order chi connectivity index (χ1) is 16.5. The average molecular weight is 449 g/mol. The molecule has 5 rings (SSSR count). The molecule has 0 fully saturated rings. The summed E-state index contributed by atoms with van der Waals surface area (Å²) in [5.41, 5.74) is 7.22. The van der Waals surface area contributed by atoms with E-state index in [4.69, 9.17) is 8.83 Å². The van der Waals surface area contributed by atoms with Gasteiger partial charge in [-0.25, -0.2) is 4.98 Å². The van der Waals surface area contributed by atoms with Crippen LogP contribution in [0.1, 0.15) is 22.5 Å². The summed E-state index contributed by atoms with van der Waals surface area (Å²) < 4.78 is 11.9. The van der Waals surface area contributed by atoms with Crippen LogP contribution in [0.2, 0.25) is 0 Å². The summed E-state index contributed by atoms with van der Waals surface area (Å²) in [6.45, 7) is 6.00. The van der Waals surface area contributed by atoms with Crippen LogP contribution < -0.4 is 5.32 Å². The normalized spacial score (nSPS) is 11.4. The molecule has 0 aliphatic heterocycles. The highest BCUT2D eigenvalue weighted by atomic mass is 16.3. The van der Waals surface area contributed by atoms with Crippen LogP contribution >= 0.6 is 0 Å². The van der Waals surface area contributed by atoms with Crippen LogP contribution in [0.4, 0.5) is 5.69 Å². The third kappa shape index (κ3) is 4.28. The molecule has 0 aliphatic carbocycles. The van der Waals surface area contributed by atoms with Crippen LogP contribution in [0.25, 0.3) is 40.0 Å². The Morgan fingerprint density at radius 2 is 1.74 bits per heavy atom. The first-order valence-electron chi connectivity index (χ1n) is 11.1. The number of nitrogens with one attached hydrogen (secondary N) is 1. The summed E-state index contributed by atoms with van der Waals surface area (Å²) in [5, 5.41) is 2.95. The van der Waals surface area contributed by atoms with E-state index < -0.39 is 0 Å². The van der Waals surface area contributed by atoms with Crippen LogP contribution in [0.3, 0.4) is 0 Å². The number of carbonyl (C=O) groups excluding carboxylic acids is 1. The molecule has 5 nitrogen and oxygen atoms in total. The zero-order chi connectivity index (χ0) is 23.7. The summed E-state index contributed by atoms with van der Waals surface area (Å²) in [6, 6.07) is 23.4. The molecule has 2 heterocycles. The molecule has 5 aromatic rings. The molecule has 3 aromatic carbocycles. The van der Waals surface area contributed by atoms with Crippen molar-refractivity contribution in [1.82, 2.24) is 4.98 Å². The Bertz CT molecular complexity index is 1520. The maximum Gasteiger partial charge on any atom is 0.248 e. The van der Waals surface area contributed by atoms with Gasteiger partial charge in [0.2, 0.25) is 11.8 Å². The second-order valence-electron chi connectivity index (χ2n) is 8.32. The molecular formula is C29H24N2O3. The number of fused-ring (bicyclic) bond motifs is 1. The molecule has 1 amide bonds. The molecule has 0 unspecified atom stereocenters. The molecule has 0 spiro atoms. The van der Waals surface area contributed by atoms with Gasteiger partial charge < -0.3 is 14.2 Å². The minimum atomic E-state index is -0.248. The summed E-state index contributed by atoms with van der Waals surface area (Å²) in [7, 11) is 0. The fourth-order valence-corrected chi connectivity index (χ4v) is 4.03. The quantitative estimate of drug-likeness (QED) is 0.286. The molecule has 1 N–H and O–H groups in total. The molecular weight excluding hydrogens is 424 g/mol. The number of anilines is 1. The van der Waals surface area contributed by atoms with E-state index >= 15 is 0 Å². The Labute approximate surface area is 197 Å². The highest BCUT2D eigenvalue weighted by molar-refractivity contribution is 6.02. The lowest BCUT2D eigenvalue weighted by atomic mass is 10.1. The second-order valence-corrected chi connectivity index (χ2v) is 8.32. The zero-order valence-corrected chi connectivity index (χ0v) is 19.3. The fraction of sp³-hybridized carbons (Fsp3) is 0.103. The fourth-order valence-electron chi connectivity index (χ4n) is 4.03. The third-order valence-electron chi connectivity index (χ3n) is 5.73. The van der Waals surface area contributed by atoms with Gasteiger partial charge in [-0.2, -0.15) is 0 Å². The van der Waals surface area contributed by atoms with E-state index in [-0.39, 0.29) is 5.91 Å². The zero-order valence-electron chi connectivity index (χ0n) is 19.3. The monoisotopic (exact) mass is 448 g/mol. The van der Waals surface area contributed by atoms with Crippen molar-refractivity contribution in [3.63, 3.8) is 0 Å². The van der Waals surface area contributed by atoms with Crippen molar-refractivity contribution in [3.05, 3.63) is 101 Å². The molecule has 5 heteroatoms. The van der Waals surface area contributed by atoms with Gasteiger partial charge in [-0.05, 0) is 73.9 Å². The number of benzene rings is 3. The molecule has 0 atom stereocenters. The summed E-state index contributed by atoms with van der Waals surface area (Å²) in [4.78, 5) is 17.3. The van der Waals surface area contributed by atoms with Crippen molar-refractivity contribution in [2.24, 2.45) is 0 Å². The van der Waals surface area contributed by atoms with Crippen molar-refractivity contribution < 1.29 is 13.6 Å². The molecule has 0 bridgehead atoms. The van der Waals surface area contributed by atoms with Gasteiger partial charge in [-0.3, -0.25) is 4.79 Å². The first kappa shape index (κ1) is 21.5. The van der Waals surface area contributed by atoms with Crippen LogP contribution in [0, 0.1) is 20.8 Å². The lowest BCUT2D eigenvalue weighted by Crippen LogP contribution is -2.09. The Kier molecular flexibility index (Phi) is 5.60. The van der Waals surface area contributed by atoms with Crippen LogP contribution in [-0.2, 0) is 4.79 Å². The van der Waals surface area contributed by atoms with E-state index in [9.17, 15) is 4.79 Å². The lowest BCUT2D eigenvalue weighted by Gasteiger charge is -2.09. The van der Waals surface area contributed by atoms with Crippen molar-refractivity contribution >= 4 is 28.8 Å². The van der Waals surface area contributed by atoms with E-state index in [1.54, 1.807) is 6.08 Å². The number of carbonyl (C=O) groups is 1. The standard InChI is InChI=1S/C29H24N2O3/c1-18-16-19(2)28-25(17-18)31-29(34-28)23-10-7-11-24(20(23)3)30-27(32)15-13-22-12-14-26(33-22)21-8-5-4-6-9-21/h4-17H,1-3H3,(H,30,32)/b15-13+. The number of aryl methyl sites for hydroxylation is 2. The van der Waals surface area contributed by atoms with Gasteiger partial charge in [0.1, 0.15) is 17.0 Å². The Hall–Kier alpha value is -4.38. The average Bonchev–Trinajstić information content (AvgIpc) is 3.47. The lowest BCUT2D eigenvalue weighted by molar-refractivity contribution is -0.111. The van der Waals surface area contributed by atoms with E-state index in [0.29, 0.717) is 17.3 Å². The number of hydrogen-bond donors (Lipinski definition) is 1.